The van der Waals surface area contributed by atoms with E-state index in [9.17, 15) is 0 Å². The number of piperidine rings is 1. The number of likely N-dealkylation sites (tertiary alicyclic amines) is 1. The third-order valence-electron chi connectivity index (χ3n) is 5.41. The van der Waals surface area contributed by atoms with Gasteiger partial charge in [-0.15, -0.1) is 0 Å². The van der Waals surface area contributed by atoms with E-state index < -0.39 is 0 Å². The summed E-state index contributed by atoms with van der Waals surface area (Å²) in [6.45, 7) is 8.54. The van der Waals surface area contributed by atoms with Crippen LogP contribution >= 0.6 is 0 Å². The zero-order valence-electron chi connectivity index (χ0n) is 12.9. The van der Waals surface area contributed by atoms with Crippen LogP contribution in [-0.4, -0.2) is 62.0 Å². The molecular weight excluding hydrogens is 252 g/mol. The van der Waals surface area contributed by atoms with Crippen LogP contribution in [0, 0.1) is 0 Å². The Kier molecular flexibility index (Phi) is 4.97. The summed E-state index contributed by atoms with van der Waals surface area (Å²) < 4.78 is 11.7. The standard InChI is InChI=1S/C16H30N2O2/c1-2-17-14-3-8-18(9-4-14)15-5-10-20-16(13-15)6-11-19-12-7-16/h14-15,17H,2-13H2,1H3. The van der Waals surface area contributed by atoms with Gasteiger partial charge in [0.1, 0.15) is 0 Å². The van der Waals surface area contributed by atoms with Gasteiger partial charge in [-0.2, -0.15) is 0 Å². The summed E-state index contributed by atoms with van der Waals surface area (Å²) in [5.41, 5.74) is 0.139. The molecule has 1 spiro atoms. The molecule has 0 aromatic carbocycles. The molecule has 0 aromatic heterocycles. The lowest BCUT2D eigenvalue weighted by Crippen LogP contribution is -2.54. The van der Waals surface area contributed by atoms with Gasteiger partial charge in [0, 0.05) is 31.9 Å². The number of hydrogen-bond acceptors (Lipinski definition) is 4. The van der Waals surface area contributed by atoms with E-state index in [4.69, 9.17) is 9.47 Å². The van der Waals surface area contributed by atoms with Gasteiger partial charge in [0.25, 0.3) is 0 Å². The van der Waals surface area contributed by atoms with Gasteiger partial charge in [0.2, 0.25) is 0 Å². The zero-order valence-corrected chi connectivity index (χ0v) is 12.9. The lowest BCUT2D eigenvalue weighted by Gasteiger charge is -2.47. The largest absolute Gasteiger partial charge is 0.381 e. The van der Waals surface area contributed by atoms with Crippen LogP contribution in [0.5, 0.6) is 0 Å². The summed E-state index contributed by atoms with van der Waals surface area (Å²) in [6, 6.07) is 1.48. The molecule has 20 heavy (non-hydrogen) atoms. The van der Waals surface area contributed by atoms with Crippen LogP contribution in [0.15, 0.2) is 0 Å². The van der Waals surface area contributed by atoms with Crippen molar-refractivity contribution in [2.75, 3.05) is 39.5 Å². The molecule has 3 aliphatic heterocycles. The minimum absolute atomic E-state index is 0.139. The van der Waals surface area contributed by atoms with Crippen molar-refractivity contribution < 1.29 is 9.47 Å². The van der Waals surface area contributed by atoms with Crippen molar-refractivity contribution in [1.29, 1.82) is 0 Å². The Labute approximate surface area is 123 Å². The second-order valence-corrected chi connectivity index (χ2v) is 6.66. The van der Waals surface area contributed by atoms with E-state index in [2.05, 4.69) is 17.1 Å². The van der Waals surface area contributed by atoms with Crippen LogP contribution in [-0.2, 0) is 9.47 Å². The molecule has 0 bridgehead atoms. The molecule has 3 rings (SSSR count). The molecule has 4 heteroatoms. The normalized spacial score (nSPS) is 32.5. The maximum absolute atomic E-state index is 6.17. The zero-order chi connectivity index (χ0) is 13.8. The molecule has 1 atom stereocenters. The molecular formula is C16H30N2O2. The number of nitrogens with zero attached hydrogens (tertiary/aromatic N) is 1. The van der Waals surface area contributed by atoms with Crippen molar-refractivity contribution in [2.24, 2.45) is 0 Å². The lowest BCUT2D eigenvalue weighted by atomic mass is 9.83. The predicted octanol–water partition coefficient (Wildman–Crippen LogP) is 1.79. The first-order valence-corrected chi connectivity index (χ1v) is 8.50. The molecule has 0 aliphatic carbocycles. The average Bonchev–Trinajstić information content (AvgIpc) is 2.49. The first-order chi connectivity index (χ1) is 9.81. The van der Waals surface area contributed by atoms with Crippen molar-refractivity contribution in [3.05, 3.63) is 0 Å². The summed E-state index contributed by atoms with van der Waals surface area (Å²) in [7, 11) is 0. The average molecular weight is 282 g/mol. The maximum atomic E-state index is 6.17. The first-order valence-electron chi connectivity index (χ1n) is 8.50. The molecule has 0 amide bonds. The highest BCUT2D eigenvalue weighted by atomic mass is 16.5. The second-order valence-electron chi connectivity index (χ2n) is 6.66. The van der Waals surface area contributed by atoms with E-state index in [0.29, 0.717) is 0 Å². The second kappa shape index (κ2) is 6.73. The first kappa shape index (κ1) is 14.8. The summed E-state index contributed by atoms with van der Waals surface area (Å²) in [5.74, 6) is 0. The highest BCUT2D eigenvalue weighted by molar-refractivity contribution is 4.93. The summed E-state index contributed by atoms with van der Waals surface area (Å²) in [4.78, 5) is 2.73. The van der Waals surface area contributed by atoms with Crippen LogP contribution in [0.3, 0.4) is 0 Å². The monoisotopic (exact) mass is 282 g/mol. The molecule has 0 saturated carbocycles. The van der Waals surface area contributed by atoms with E-state index in [-0.39, 0.29) is 5.60 Å². The number of rotatable bonds is 3. The molecule has 4 nitrogen and oxygen atoms in total. The van der Waals surface area contributed by atoms with Gasteiger partial charge in [-0.05, 0) is 58.2 Å². The molecule has 1 unspecified atom stereocenters. The van der Waals surface area contributed by atoms with E-state index in [1.807, 2.05) is 0 Å². The molecule has 3 fully saturated rings. The number of nitrogens with one attached hydrogen (secondary N) is 1. The third-order valence-corrected chi connectivity index (χ3v) is 5.41. The fourth-order valence-electron chi connectivity index (χ4n) is 4.16. The van der Waals surface area contributed by atoms with Gasteiger partial charge in [-0.3, -0.25) is 0 Å². The van der Waals surface area contributed by atoms with Crippen LogP contribution in [0.2, 0.25) is 0 Å². The van der Waals surface area contributed by atoms with Crippen molar-refractivity contribution in [2.45, 2.75) is 63.1 Å². The fraction of sp³-hybridized carbons (Fsp3) is 1.00. The van der Waals surface area contributed by atoms with Gasteiger partial charge in [0.05, 0.1) is 5.60 Å². The molecule has 3 heterocycles. The minimum Gasteiger partial charge on any atom is -0.381 e. The smallest absolute Gasteiger partial charge is 0.0741 e. The Morgan fingerprint density at radius 3 is 2.55 bits per heavy atom. The highest BCUT2D eigenvalue weighted by Crippen LogP contribution is 2.36. The Morgan fingerprint density at radius 1 is 1.10 bits per heavy atom. The Morgan fingerprint density at radius 2 is 1.85 bits per heavy atom. The van der Waals surface area contributed by atoms with E-state index >= 15 is 0 Å². The lowest BCUT2D eigenvalue weighted by molar-refractivity contribution is -0.152. The van der Waals surface area contributed by atoms with E-state index in [0.717, 1.165) is 51.3 Å². The summed E-state index contributed by atoms with van der Waals surface area (Å²) >= 11 is 0. The van der Waals surface area contributed by atoms with Gasteiger partial charge < -0.3 is 19.7 Å². The summed E-state index contributed by atoms with van der Waals surface area (Å²) in [6.07, 6.45) is 7.24. The Balaban J connectivity index is 1.52. The van der Waals surface area contributed by atoms with Crippen LogP contribution in [0.25, 0.3) is 0 Å². The number of ether oxygens (including phenoxy) is 2. The Hall–Kier alpha value is -0.160. The third kappa shape index (κ3) is 3.35. The van der Waals surface area contributed by atoms with Gasteiger partial charge >= 0.3 is 0 Å². The minimum atomic E-state index is 0.139. The van der Waals surface area contributed by atoms with Crippen LogP contribution in [0.1, 0.15) is 45.4 Å². The Bertz CT molecular complexity index is 291. The topological polar surface area (TPSA) is 33.7 Å². The molecule has 1 N–H and O–H groups in total. The SMILES string of the molecule is CCNC1CCN(C2CCOC3(CCOCC3)C2)CC1. The van der Waals surface area contributed by atoms with Gasteiger partial charge in [0.15, 0.2) is 0 Å². The quantitative estimate of drug-likeness (QED) is 0.856. The molecule has 116 valence electrons. The van der Waals surface area contributed by atoms with Crippen LogP contribution < -0.4 is 5.32 Å². The van der Waals surface area contributed by atoms with Crippen molar-refractivity contribution in [3.8, 4) is 0 Å². The molecule has 0 radical (unpaired) electrons. The highest BCUT2D eigenvalue weighted by Gasteiger charge is 2.41. The van der Waals surface area contributed by atoms with Crippen molar-refractivity contribution in [3.63, 3.8) is 0 Å². The van der Waals surface area contributed by atoms with E-state index in [1.54, 1.807) is 0 Å². The van der Waals surface area contributed by atoms with Crippen LogP contribution in [0.4, 0.5) is 0 Å². The van der Waals surface area contributed by atoms with Crippen molar-refractivity contribution in [1.82, 2.24) is 10.2 Å². The van der Waals surface area contributed by atoms with E-state index in [1.165, 1.54) is 38.8 Å². The molecule has 3 aliphatic rings. The fourth-order valence-corrected chi connectivity index (χ4v) is 4.16. The van der Waals surface area contributed by atoms with Gasteiger partial charge in [-0.25, -0.2) is 0 Å². The van der Waals surface area contributed by atoms with Crippen molar-refractivity contribution >= 4 is 0 Å². The molecule has 3 saturated heterocycles. The predicted molar refractivity (Wildman–Crippen MR) is 80.0 cm³/mol. The van der Waals surface area contributed by atoms with Gasteiger partial charge in [-0.1, -0.05) is 6.92 Å². The summed E-state index contributed by atoms with van der Waals surface area (Å²) in [5, 5.41) is 3.60. The molecule has 0 aromatic rings. The maximum Gasteiger partial charge on any atom is 0.0741 e. The number of hydrogen-bond donors (Lipinski definition) is 1.